The highest BCUT2D eigenvalue weighted by Crippen LogP contribution is 2.44. The van der Waals surface area contributed by atoms with Gasteiger partial charge in [0.25, 0.3) is 0 Å². The number of benzene rings is 6. The maximum Gasteiger partial charge on any atom is 0.0972 e. The molecule has 0 fully saturated rings. The summed E-state index contributed by atoms with van der Waals surface area (Å²) in [5, 5.41) is 8.44. The van der Waals surface area contributed by atoms with E-state index in [0.717, 1.165) is 61.1 Å². The molecule has 6 aromatic carbocycles. The molecule has 3 nitrogen and oxygen atoms in total. The molecule has 10 rings (SSSR count). The lowest BCUT2D eigenvalue weighted by Crippen LogP contribution is -1.91. The lowest BCUT2D eigenvalue weighted by Gasteiger charge is -2.11. The number of hydrogen-bond donors (Lipinski definition) is 0. The van der Waals surface area contributed by atoms with E-state index < -0.39 is 0 Å². The SMILES string of the molecule is c1ccc(-c2ccc3ccc4ccc(-c5ccc(-c6nc7ccc8ccccc8c7c7c6sc6ccccc67)cc5)nc4c3n2)cc1. The normalized spacial score (nSPS) is 11.8. The van der Waals surface area contributed by atoms with E-state index in [9.17, 15) is 0 Å². The van der Waals surface area contributed by atoms with Gasteiger partial charge < -0.3 is 0 Å². The largest absolute Gasteiger partial charge is 0.246 e. The topological polar surface area (TPSA) is 38.7 Å². The van der Waals surface area contributed by atoms with Gasteiger partial charge in [-0.25, -0.2) is 15.0 Å². The number of hydrogen-bond acceptors (Lipinski definition) is 4. The quantitative estimate of drug-likeness (QED) is 0.186. The third-order valence-electron chi connectivity index (χ3n) is 9.24. The maximum absolute atomic E-state index is 5.32. The molecular weight excluding hydrogens is 591 g/mol. The molecule has 218 valence electrons. The molecule has 0 radical (unpaired) electrons. The second-order valence-corrected chi connectivity index (χ2v) is 13.0. The molecule has 4 heterocycles. The smallest absolute Gasteiger partial charge is 0.0972 e. The van der Waals surface area contributed by atoms with Crippen LogP contribution in [0.3, 0.4) is 0 Å². The summed E-state index contributed by atoms with van der Waals surface area (Å²) >= 11 is 1.83. The van der Waals surface area contributed by atoms with Gasteiger partial charge in [-0.15, -0.1) is 11.3 Å². The van der Waals surface area contributed by atoms with E-state index in [1.54, 1.807) is 0 Å². The summed E-state index contributed by atoms with van der Waals surface area (Å²) in [6.45, 7) is 0. The Morgan fingerprint density at radius 1 is 0.383 bits per heavy atom. The molecule has 0 atom stereocenters. The number of nitrogens with zero attached hydrogens (tertiary/aromatic N) is 3. The number of aromatic nitrogens is 3. The Balaban J connectivity index is 1.12. The molecule has 0 aliphatic carbocycles. The van der Waals surface area contributed by atoms with E-state index in [4.69, 9.17) is 15.0 Å². The van der Waals surface area contributed by atoms with Crippen molar-refractivity contribution in [2.24, 2.45) is 0 Å². The van der Waals surface area contributed by atoms with Gasteiger partial charge in [-0.05, 0) is 35.0 Å². The van der Waals surface area contributed by atoms with Crippen molar-refractivity contribution >= 4 is 75.0 Å². The van der Waals surface area contributed by atoms with E-state index in [1.807, 2.05) is 29.5 Å². The van der Waals surface area contributed by atoms with Crippen LogP contribution in [0.5, 0.6) is 0 Å². The monoisotopic (exact) mass is 615 g/mol. The average Bonchev–Trinajstić information content (AvgIpc) is 3.54. The molecule has 0 unspecified atom stereocenters. The molecule has 10 aromatic rings. The Bertz CT molecular complexity index is 2840. The molecule has 0 bridgehead atoms. The van der Waals surface area contributed by atoms with E-state index in [0.29, 0.717) is 0 Å². The van der Waals surface area contributed by atoms with Crippen LogP contribution in [0, 0.1) is 0 Å². The maximum atomic E-state index is 5.32. The predicted molar refractivity (Wildman–Crippen MR) is 199 cm³/mol. The van der Waals surface area contributed by atoms with Crippen molar-refractivity contribution < 1.29 is 0 Å². The van der Waals surface area contributed by atoms with Crippen LogP contribution in [0.15, 0.2) is 152 Å². The number of pyridine rings is 3. The highest BCUT2D eigenvalue weighted by atomic mass is 32.1. The van der Waals surface area contributed by atoms with Gasteiger partial charge >= 0.3 is 0 Å². The Morgan fingerprint density at radius 2 is 0.957 bits per heavy atom. The van der Waals surface area contributed by atoms with Gasteiger partial charge in [-0.2, -0.15) is 0 Å². The van der Waals surface area contributed by atoms with Gasteiger partial charge in [0.15, 0.2) is 0 Å². The Hall–Kier alpha value is -5.97. The summed E-state index contributed by atoms with van der Waals surface area (Å²) < 4.78 is 2.50. The first-order valence-corrected chi connectivity index (χ1v) is 16.6. The van der Waals surface area contributed by atoms with Crippen molar-refractivity contribution in [1.29, 1.82) is 0 Å². The molecule has 0 aliphatic rings. The zero-order valence-corrected chi connectivity index (χ0v) is 26.0. The molecule has 0 spiro atoms. The lowest BCUT2D eigenvalue weighted by molar-refractivity contribution is 1.36. The number of thiophene rings is 1. The van der Waals surface area contributed by atoms with Crippen molar-refractivity contribution in [2.75, 3.05) is 0 Å². The first-order valence-electron chi connectivity index (χ1n) is 15.8. The molecule has 0 saturated carbocycles. The summed E-state index contributed by atoms with van der Waals surface area (Å²) in [4.78, 5) is 15.6. The Kier molecular flexibility index (Phi) is 5.74. The molecule has 0 amide bonds. The van der Waals surface area contributed by atoms with Crippen LogP contribution in [0.1, 0.15) is 0 Å². The van der Waals surface area contributed by atoms with Crippen LogP contribution in [0.4, 0.5) is 0 Å². The van der Waals surface area contributed by atoms with Crippen molar-refractivity contribution in [3.8, 4) is 33.8 Å². The fraction of sp³-hybridized carbons (Fsp3) is 0. The molecular formula is C43H25N3S. The average molecular weight is 616 g/mol. The summed E-state index contributed by atoms with van der Waals surface area (Å²) in [7, 11) is 0. The van der Waals surface area contributed by atoms with Crippen LogP contribution < -0.4 is 0 Å². The fourth-order valence-corrected chi connectivity index (χ4v) is 8.16. The second-order valence-electron chi connectivity index (χ2n) is 12.0. The van der Waals surface area contributed by atoms with E-state index in [1.165, 1.54) is 36.3 Å². The van der Waals surface area contributed by atoms with Crippen LogP contribution in [0.25, 0.3) is 97.4 Å². The van der Waals surface area contributed by atoms with Crippen LogP contribution in [0.2, 0.25) is 0 Å². The van der Waals surface area contributed by atoms with Gasteiger partial charge in [0.2, 0.25) is 0 Å². The molecule has 4 aromatic heterocycles. The standard InChI is InChI=1S/C43H25N3S/c1-2-9-27(10-3-1)34-23-21-29-18-19-30-22-24-35(45-41(30)40(29)44-34)28-14-16-31(17-15-28)42-43-39(33-12-6-7-13-37(33)47-43)38-32-11-5-4-8-26(32)20-25-36(38)46-42/h1-25H. The molecule has 4 heteroatoms. The van der Waals surface area contributed by atoms with Crippen LogP contribution >= 0.6 is 11.3 Å². The zero-order chi connectivity index (χ0) is 30.9. The van der Waals surface area contributed by atoms with Gasteiger partial charge in [0.1, 0.15) is 0 Å². The zero-order valence-electron chi connectivity index (χ0n) is 25.2. The van der Waals surface area contributed by atoms with Crippen LogP contribution in [-0.2, 0) is 0 Å². The van der Waals surface area contributed by atoms with Crippen LogP contribution in [-0.4, -0.2) is 15.0 Å². The summed E-state index contributed by atoms with van der Waals surface area (Å²) in [6, 6.07) is 53.5. The predicted octanol–water partition coefficient (Wildman–Crippen LogP) is 11.9. The van der Waals surface area contributed by atoms with Crippen molar-refractivity contribution in [3.05, 3.63) is 152 Å². The van der Waals surface area contributed by atoms with E-state index >= 15 is 0 Å². The highest BCUT2D eigenvalue weighted by molar-refractivity contribution is 7.26. The number of fused-ring (bicyclic) bond motifs is 10. The van der Waals surface area contributed by atoms with Gasteiger partial charge in [-0.3, -0.25) is 0 Å². The molecule has 0 aliphatic heterocycles. The Morgan fingerprint density at radius 3 is 1.70 bits per heavy atom. The number of rotatable bonds is 3. The minimum atomic E-state index is 0.914. The third-order valence-corrected chi connectivity index (χ3v) is 10.4. The minimum absolute atomic E-state index is 0.914. The van der Waals surface area contributed by atoms with E-state index in [-0.39, 0.29) is 0 Å². The summed E-state index contributed by atoms with van der Waals surface area (Å²) in [6.07, 6.45) is 0. The van der Waals surface area contributed by atoms with Gasteiger partial charge in [0.05, 0.1) is 38.3 Å². The van der Waals surface area contributed by atoms with Crippen molar-refractivity contribution in [3.63, 3.8) is 0 Å². The van der Waals surface area contributed by atoms with Gasteiger partial charge in [0, 0.05) is 48.3 Å². The minimum Gasteiger partial charge on any atom is -0.246 e. The molecule has 0 N–H and O–H groups in total. The lowest BCUT2D eigenvalue weighted by atomic mass is 9.98. The van der Waals surface area contributed by atoms with Crippen molar-refractivity contribution in [1.82, 2.24) is 15.0 Å². The second kappa shape index (κ2) is 10.3. The fourth-order valence-electron chi connectivity index (χ4n) is 6.94. The molecule has 0 saturated heterocycles. The summed E-state index contributed by atoms with van der Waals surface area (Å²) in [5.41, 5.74) is 9.00. The highest BCUT2D eigenvalue weighted by Gasteiger charge is 2.18. The summed E-state index contributed by atoms with van der Waals surface area (Å²) in [5.74, 6) is 0. The first kappa shape index (κ1) is 26.3. The first-order chi connectivity index (χ1) is 23.3. The molecule has 47 heavy (non-hydrogen) atoms. The van der Waals surface area contributed by atoms with Crippen molar-refractivity contribution in [2.45, 2.75) is 0 Å². The van der Waals surface area contributed by atoms with E-state index in [2.05, 4.69) is 133 Å². The Labute approximate surface area is 274 Å². The third kappa shape index (κ3) is 4.16. The van der Waals surface area contributed by atoms with Gasteiger partial charge in [-0.1, -0.05) is 127 Å².